The third kappa shape index (κ3) is 5.77. The fraction of sp³-hybridized carbons (Fsp3) is 0. The summed E-state index contributed by atoms with van der Waals surface area (Å²) in [6.07, 6.45) is 0. The topological polar surface area (TPSA) is 0 Å². The first-order valence-corrected chi connectivity index (χ1v) is 9.15. The van der Waals surface area contributed by atoms with E-state index in [2.05, 4.69) is 19.8 Å². The predicted octanol–water partition coefficient (Wildman–Crippen LogP) is 2.90. The van der Waals surface area contributed by atoms with Gasteiger partial charge in [0.2, 0.25) is 0 Å². The summed E-state index contributed by atoms with van der Waals surface area (Å²) >= 11 is 4.66. The lowest BCUT2D eigenvalue weighted by Gasteiger charge is -1.61. The van der Waals surface area contributed by atoms with Crippen molar-refractivity contribution in [1.29, 1.82) is 0 Å². The summed E-state index contributed by atoms with van der Waals surface area (Å²) in [7, 11) is 8.23. The average molecular weight is 190 g/mol. The molecule has 6 heteroatoms. The molecule has 0 heterocycles. The summed E-state index contributed by atoms with van der Waals surface area (Å²) < 4.78 is 0. The first-order chi connectivity index (χ1) is 2.91. The molecule has 0 N–H and O–H groups in total. The molecule has 0 saturated heterocycles. The second-order valence-electron chi connectivity index (χ2n) is 0.374. The van der Waals surface area contributed by atoms with Gasteiger partial charge in [-0.3, -0.25) is 0 Å². The molecule has 0 aliphatic heterocycles. The summed E-state index contributed by atoms with van der Waals surface area (Å²) in [4.78, 5) is 0. The second-order valence-corrected chi connectivity index (χ2v) is 10.1. The van der Waals surface area contributed by atoms with E-state index in [1.54, 1.807) is 10.1 Å². The molecule has 0 fully saturated rings. The SMILES string of the molecule is P=S=PPP=S. The van der Waals surface area contributed by atoms with Crippen LogP contribution in [0.15, 0.2) is 0 Å². The van der Waals surface area contributed by atoms with Gasteiger partial charge in [0.15, 0.2) is 0 Å². The van der Waals surface area contributed by atoms with Gasteiger partial charge in [-0.1, -0.05) is 29.9 Å². The first kappa shape index (κ1) is 7.77. The Labute approximate surface area is 52.2 Å². The summed E-state index contributed by atoms with van der Waals surface area (Å²) in [6.45, 7) is 0. The Hall–Kier alpha value is 1.77. The van der Waals surface area contributed by atoms with Gasteiger partial charge in [0.05, 0.1) is 0 Å². The summed E-state index contributed by atoms with van der Waals surface area (Å²) in [5.41, 5.74) is 0. The average Bonchev–Trinajstić information content (AvgIpc) is 1.61. The normalized spacial score (nSPS) is 11.3. The molecule has 1 unspecified atom stereocenters. The van der Waals surface area contributed by atoms with Gasteiger partial charge >= 0.3 is 0 Å². The molecule has 0 amide bonds. The standard InChI is InChI=1S/H2P4S2/c1-6-4-2-3-5/h1-2H. The van der Waals surface area contributed by atoms with Crippen LogP contribution in [-0.2, 0) is 21.9 Å². The smallest absolute Gasteiger partial charge is 0.00904 e. The minimum absolute atomic E-state index is 0.889. The van der Waals surface area contributed by atoms with Crippen LogP contribution in [0.25, 0.3) is 0 Å². The highest BCUT2D eigenvalue weighted by molar-refractivity contribution is 8.59. The zero-order valence-corrected chi connectivity index (χ0v) is 8.13. The van der Waals surface area contributed by atoms with Gasteiger partial charge in [-0.2, -0.15) is 0 Å². The van der Waals surface area contributed by atoms with Gasteiger partial charge in [0.1, 0.15) is 0 Å². The molecular formula is H2P4S2. The maximum Gasteiger partial charge on any atom is 0.00904 e. The molecule has 0 bridgehead atoms. The van der Waals surface area contributed by atoms with E-state index < -0.39 is 0 Å². The van der Waals surface area contributed by atoms with Gasteiger partial charge in [-0.05, 0) is 0 Å². The van der Waals surface area contributed by atoms with E-state index >= 15 is 0 Å². The Morgan fingerprint density at radius 1 is 1.83 bits per heavy atom. The van der Waals surface area contributed by atoms with E-state index in [9.17, 15) is 0 Å². The van der Waals surface area contributed by atoms with E-state index in [1.807, 2.05) is 0 Å². The van der Waals surface area contributed by atoms with Crippen molar-refractivity contribution in [3.63, 3.8) is 0 Å². The fourth-order valence-corrected chi connectivity index (χ4v) is 9.01. The third-order valence-corrected chi connectivity index (χ3v) is 10.3. The van der Waals surface area contributed by atoms with E-state index in [0.717, 1.165) is 15.0 Å². The van der Waals surface area contributed by atoms with Crippen molar-refractivity contribution in [3.05, 3.63) is 0 Å². The zero-order valence-electron chi connectivity index (χ0n) is 2.71. The Kier molecular flexibility index (Phi) is 8.77. The highest BCUT2D eigenvalue weighted by Crippen LogP contribution is 2.39. The Morgan fingerprint density at radius 3 is 2.67 bits per heavy atom. The van der Waals surface area contributed by atoms with Gasteiger partial charge in [0, 0.05) is 22.0 Å². The molecule has 0 saturated carbocycles. The number of rotatable bonds is 2. The minimum atomic E-state index is 0.889. The van der Waals surface area contributed by atoms with Crippen LogP contribution in [0.4, 0.5) is 0 Å². The fourth-order valence-electron chi connectivity index (χ4n) is 0.0371. The van der Waals surface area contributed by atoms with Crippen LogP contribution in [-0.4, -0.2) is 0 Å². The van der Waals surface area contributed by atoms with Crippen LogP contribution in [0.3, 0.4) is 0 Å². The van der Waals surface area contributed by atoms with Gasteiger partial charge in [0.25, 0.3) is 0 Å². The predicted molar refractivity (Wildman–Crippen MR) is 45.2 cm³/mol. The van der Waals surface area contributed by atoms with E-state index in [4.69, 9.17) is 0 Å². The lowest BCUT2D eigenvalue weighted by Crippen LogP contribution is -0.926. The van der Waals surface area contributed by atoms with Crippen molar-refractivity contribution in [1.82, 2.24) is 0 Å². The van der Waals surface area contributed by atoms with Gasteiger partial charge in [-0.25, -0.2) is 0 Å². The molecule has 34 valence electrons. The summed E-state index contributed by atoms with van der Waals surface area (Å²) in [5, 5.41) is 0. The monoisotopic (exact) mass is 190 g/mol. The van der Waals surface area contributed by atoms with Crippen LogP contribution in [0.1, 0.15) is 0 Å². The molecule has 0 aliphatic rings. The third-order valence-electron chi connectivity index (χ3n) is 0.127. The van der Waals surface area contributed by atoms with Crippen LogP contribution in [0.5, 0.6) is 0 Å². The highest BCUT2D eigenvalue weighted by Gasteiger charge is 1.60. The molecule has 0 nitrogen and oxygen atoms in total. The molecular weight excluding hydrogens is 188 g/mol. The Morgan fingerprint density at radius 2 is 2.50 bits per heavy atom. The molecule has 0 radical (unpaired) electrons. The second kappa shape index (κ2) is 6.77. The Bertz CT molecular complexity index is 79.5. The zero-order chi connectivity index (χ0) is 4.83. The molecule has 0 aliphatic carbocycles. The van der Waals surface area contributed by atoms with Crippen molar-refractivity contribution in [2.75, 3.05) is 0 Å². The van der Waals surface area contributed by atoms with E-state index in [-0.39, 0.29) is 0 Å². The molecule has 0 aromatic carbocycles. The van der Waals surface area contributed by atoms with Gasteiger partial charge in [-0.15, -0.1) is 0 Å². The lowest BCUT2D eigenvalue weighted by molar-refractivity contribution is 5.36. The molecule has 0 aromatic rings. The van der Waals surface area contributed by atoms with Crippen molar-refractivity contribution < 1.29 is 0 Å². The maximum atomic E-state index is 4.66. The van der Waals surface area contributed by atoms with Crippen molar-refractivity contribution in [2.24, 2.45) is 0 Å². The van der Waals surface area contributed by atoms with Crippen LogP contribution < -0.4 is 0 Å². The largest absolute Gasteiger partial charge is 0.0975 e. The van der Waals surface area contributed by atoms with E-state index in [1.165, 1.54) is 7.04 Å². The highest BCUT2D eigenvalue weighted by atomic mass is 32.9. The van der Waals surface area contributed by atoms with Crippen LogP contribution in [0.2, 0.25) is 0 Å². The van der Waals surface area contributed by atoms with E-state index in [0.29, 0.717) is 0 Å². The molecule has 0 spiro atoms. The molecule has 1 atom stereocenters. The Balaban J connectivity index is 3.07. The quantitative estimate of drug-likeness (QED) is 0.603. The summed E-state index contributed by atoms with van der Waals surface area (Å²) in [6, 6.07) is 0. The molecule has 6 heavy (non-hydrogen) atoms. The van der Waals surface area contributed by atoms with Crippen molar-refractivity contribution in [3.8, 4) is 0 Å². The van der Waals surface area contributed by atoms with Crippen molar-refractivity contribution in [2.45, 2.75) is 0 Å². The maximum absolute atomic E-state index is 4.66. The van der Waals surface area contributed by atoms with Crippen LogP contribution >= 0.6 is 30.1 Å². The minimum Gasteiger partial charge on any atom is -0.0975 e. The van der Waals surface area contributed by atoms with Crippen molar-refractivity contribution >= 4 is 52.0 Å². The van der Waals surface area contributed by atoms with Crippen LogP contribution in [0, 0.1) is 0 Å². The number of hydrogen-bond donors (Lipinski definition) is 0. The molecule has 0 aromatic heterocycles. The molecule has 0 rings (SSSR count). The first-order valence-electron chi connectivity index (χ1n) is 1.02. The lowest BCUT2D eigenvalue weighted by atomic mass is 29.5. The number of hydrogen-bond acceptors (Lipinski definition) is 1. The van der Waals surface area contributed by atoms with Gasteiger partial charge < -0.3 is 0 Å². The summed E-state index contributed by atoms with van der Waals surface area (Å²) in [5.74, 6) is 0.